The van der Waals surface area contributed by atoms with Crippen molar-refractivity contribution in [2.45, 2.75) is 70.7 Å². The minimum Gasteiger partial charge on any atom is -0.444 e. The smallest absolute Gasteiger partial charge is 0.410 e. The fourth-order valence-corrected chi connectivity index (χ4v) is 6.10. The van der Waals surface area contributed by atoms with Gasteiger partial charge < -0.3 is 19.1 Å². The molecule has 0 spiro atoms. The lowest BCUT2D eigenvalue weighted by Crippen LogP contribution is -2.41. The standard InChI is InChI=1S/C30H33F2N5O4S/c1-18(37(17-38)24-15-36(21-11-30(31,32)12-21)27(39)23-13-33-34-26(23)24)25-10-20(16-42-25)22-9-7-6-8-19(22)14-35(5)28(40)41-29(2,3)4/h6-10,13,15-18,21H,11-12,14H2,1-5H3,(H,33,34)/t18-/m0/s1. The van der Waals surface area contributed by atoms with Crippen LogP contribution in [0.25, 0.3) is 22.0 Å². The number of amides is 2. The maximum Gasteiger partial charge on any atom is 0.410 e. The quantitative estimate of drug-likeness (QED) is 0.233. The van der Waals surface area contributed by atoms with E-state index in [2.05, 4.69) is 10.2 Å². The number of hydrogen-bond acceptors (Lipinski definition) is 6. The fraction of sp³-hybridized carbons (Fsp3) is 0.400. The van der Waals surface area contributed by atoms with E-state index in [0.717, 1.165) is 21.6 Å². The molecule has 0 bridgehead atoms. The number of fused-ring (bicyclic) bond motifs is 1. The molecule has 1 atom stereocenters. The van der Waals surface area contributed by atoms with Gasteiger partial charge in [0.15, 0.2) is 0 Å². The Kier molecular flexibility index (Phi) is 7.69. The van der Waals surface area contributed by atoms with Crippen molar-refractivity contribution < 1.29 is 23.1 Å². The molecule has 3 heterocycles. The first-order valence-electron chi connectivity index (χ1n) is 13.6. The number of carbonyl (C=O) groups is 2. The van der Waals surface area contributed by atoms with Crippen LogP contribution in [0.4, 0.5) is 19.3 Å². The van der Waals surface area contributed by atoms with Crippen molar-refractivity contribution in [2.75, 3.05) is 11.9 Å². The minimum absolute atomic E-state index is 0.233. The van der Waals surface area contributed by atoms with Crippen molar-refractivity contribution >= 4 is 40.4 Å². The van der Waals surface area contributed by atoms with Gasteiger partial charge >= 0.3 is 6.09 Å². The number of thiophene rings is 1. The topological polar surface area (TPSA) is 101 Å². The Morgan fingerprint density at radius 3 is 2.69 bits per heavy atom. The third-order valence-electron chi connectivity index (χ3n) is 7.37. The highest BCUT2D eigenvalue weighted by Gasteiger charge is 2.47. The summed E-state index contributed by atoms with van der Waals surface area (Å²) >= 11 is 1.47. The lowest BCUT2D eigenvalue weighted by Gasteiger charge is -2.36. The van der Waals surface area contributed by atoms with Crippen LogP contribution in [0.5, 0.6) is 0 Å². The molecule has 222 valence electrons. The van der Waals surface area contributed by atoms with E-state index in [1.807, 2.05) is 63.4 Å². The van der Waals surface area contributed by atoms with Gasteiger partial charge in [-0.1, -0.05) is 24.3 Å². The summed E-state index contributed by atoms with van der Waals surface area (Å²) in [4.78, 5) is 42.0. The summed E-state index contributed by atoms with van der Waals surface area (Å²) in [5.74, 6) is -2.81. The Bertz CT molecular complexity index is 1680. The minimum atomic E-state index is -2.81. The number of nitrogens with zero attached hydrogens (tertiary/aromatic N) is 4. The van der Waals surface area contributed by atoms with Crippen LogP contribution >= 0.6 is 11.3 Å². The van der Waals surface area contributed by atoms with Crippen LogP contribution in [-0.2, 0) is 16.1 Å². The molecule has 9 nitrogen and oxygen atoms in total. The maximum absolute atomic E-state index is 13.7. The first-order chi connectivity index (χ1) is 19.8. The zero-order chi connectivity index (χ0) is 30.4. The molecule has 3 aromatic heterocycles. The summed E-state index contributed by atoms with van der Waals surface area (Å²) in [7, 11) is 1.69. The number of rotatable bonds is 8. The van der Waals surface area contributed by atoms with Gasteiger partial charge in [-0.05, 0) is 55.8 Å². The Hall–Kier alpha value is -4.06. The molecule has 4 aromatic rings. The molecule has 1 N–H and O–H groups in total. The second kappa shape index (κ2) is 11.0. The van der Waals surface area contributed by atoms with Gasteiger partial charge in [0, 0.05) is 43.5 Å². The van der Waals surface area contributed by atoms with Gasteiger partial charge in [-0.2, -0.15) is 5.10 Å². The highest BCUT2D eigenvalue weighted by atomic mass is 32.1. The Labute approximate surface area is 245 Å². The summed E-state index contributed by atoms with van der Waals surface area (Å²) in [6, 6.07) is 8.66. The van der Waals surface area contributed by atoms with Crippen LogP contribution in [-0.4, -0.2) is 50.7 Å². The second-order valence-corrected chi connectivity index (χ2v) is 12.7. The van der Waals surface area contributed by atoms with Crippen molar-refractivity contribution in [3.63, 3.8) is 0 Å². The number of alkyl halides is 2. The van der Waals surface area contributed by atoms with Crippen LogP contribution in [0.2, 0.25) is 0 Å². The molecule has 1 aliphatic carbocycles. The van der Waals surface area contributed by atoms with Crippen molar-refractivity contribution in [3.05, 3.63) is 68.9 Å². The van der Waals surface area contributed by atoms with E-state index in [4.69, 9.17) is 4.74 Å². The predicted molar refractivity (Wildman–Crippen MR) is 158 cm³/mol. The number of nitrogens with one attached hydrogen (secondary N) is 1. The molecular formula is C30H33F2N5O4S. The van der Waals surface area contributed by atoms with Gasteiger partial charge in [-0.3, -0.25) is 14.7 Å². The van der Waals surface area contributed by atoms with E-state index in [-0.39, 0.29) is 5.39 Å². The number of pyridine rings is 1. The zero-order valence-corrected chi connectivity index (χ0v) is 24.9. The number of benzene rings is 1. The number of H-pyrrole nitrogens is 1. The first kappa shape index (κ1) is 29.4. The molecule has 0 saturated heterocycles. The number of ether oxygens (including phenoxy) is 1. The van der Waals surface area contributed by atoms with Gasteiger partial charge in [0.2, 0.25) is 6.41 Å². The molecule has 0 unspecified atom stereocenters. The highest BCUT2D eigenvalue weighted by Crippen LogP contribution is 2.45. The van der Waals surface area contributed by atoms with Gasteiger partial charge in [-0.15, -0.1) is 11.3 Å². The lowest BCUT2D eigenvalue weighted by atomic mass is 9.88. The van der Waals surface area contributed by atoms with Gasteiger partial charge in [0.05, 0.1) is 28.8 Å². The molecule has 5 rings (SSSR count). The Balaban J connectivity index is 1.43. The lowest BCUT2D eigenvalue weighted by molar-refractivity contribution is -0.108. The number of hydrogen-bond donors (Lipinski definition) is 1. The molecule has 12 heteroatoms. The first-order valence-corrected chi connectivity index (χ1v) is 14.5. The monoisotopic (exact) mass is 597 g/mol. The summed E-state index contributed by atoms with van der Waals surface area (Å²) in [5.41, 5.74) is 2.52. The Morgan fingerprint density at radius 1 is 1.31 bits per heavy atom. The number of aromatic amines is 1. The summed E-state index contributed by atoms with van der Waals surface area (Å²) in [6.45, 7) is 7.66. The number of aromatic nitrogens is 3. The van der Waals surface area contributed by atoms with Crippen molar-refractivity contribution in [3.8, 4) is 11.1 Å². The number of anilines is 1. The third kappa shape index (κ3) is 5.80. The van der Waals surface area contributed by atoms with Gasteiger partial charge in [-0.25, -0.2) is 13.6 Å². The van der Waals surface area contributed by atoms with E-state index in [0.29, 0.717) is 24.2 Å². The molecule has 0 radical (unpaired) electrons. The molecule has 1 aliphatic rings. The second-order valence-electron chi connectivity index (χ2n) is 11.7. The summed E-state index contributed by atoms with van der Waals surface area (Å²) in [6.07, 6.45) is 2.23. The summed E-state index contributed by atoms with van der Waals surface area (Å²) in [5, 5.41) is 9.01. The highest BCUT2D eigenvalue weighted by molar-refractivity contribution is 7.10. The average Bonchev–Trinajstić information content (AvgIpc) is 3.59. The molecule has 1 saturated carbocycles. The summed E-state index contributed by atoms with van der Waals surface area (Å²) < 4.78 is 34.1. The van der Waals surface area contributed by atoms with Crippen molar-refractivity contribution in [1.29, 1.82) is 0 Å². The van der Waals surface area contributed by atoms with E-state index in [1.165, 1.54) is 38.1 Å². The molecule has 1 fully saturated rings. The van der Waals surface area contributed by atoms with Gasteiger partial charge in [0.25, 0.3) is 11.5 Å². The average molecular weight is 598 g/mol. The zero-order valence-electron chi connectivity index (χ0n) is 24.1. The molecule has 42 heavy (non-hydrogen) atoms. The Morgan fingerprint density at radius 2 is 2.02 bits per heavy atom. The normalized spacial score (nSPS) is 15.7. The third-order valence-corrected chi connectivity index (χ3v) is 8.47. The number of carbonyl (C=O) groups excluding carboxylic acids is 2. The van der Waals surface area contributed by atoms with Crippen LogP contribution in [0, 0.1) is 0 Å². The van der Waals surface area contributed by atoms with E-state index >= 15 is 0 Å². The molecular weight excluding hydrogens is 564 g/mol. The predicted octanol–water partition coefficient (Wildman–Crippen LogP) is 6.51. The maximum atomic E-state index is 13.7. The SMILES string of the molecule is C[C@@H](c1cc(-c2ccccc2CN(C)C(=O)OC(C)(C)C)cs1)N(C=O)c1cn(C2CC(F)(F)C2)c(=O)c2cn[nH]c12. The molecule has 2 amide bonds. The largest absolute Gasteiger partial charge is 0.444 e. The molecule has 0 aliphatic heterocycles. The van der Waals surface area contributed by atoms with Crippen molar-refractivity contribution in [2.24, 2.45) is 0 Å². The van der Waals surface area contributed by atoms with E-state index in [9.17, 15) is 23.2 Å². The van der Waals surface area contributed by atoms with Crippen LogP contribution in [0.15, 0.2) is 52.9 Å². The van der Waals surface area contributed by atoms with Crippen LogP contribution in [0.1, 0.15) is 63.1 Å². The van der Waals surface area contributed by atoms with Crippen LogP contribution < -0.4 is 10.5 Å². The van der Waals surface area contributed by atoms with E-state index < -0.39 is 48.1 Å². The van der Waals surface area contributed by atoms with Crippen LogP contribution in [0.3, 0.4) is 0 Å². The number of halogens is 2. The van der Waals surface area contributed by atoms with E-state index in [1.54, 1.807) is 7.05 Å². The fourth-order valence-electron chi connectivity index (χ4n) is 5.14. The molecule has 1 aromatic carbocycles. The van der Waals surface area contributed by atoms with Gasteiger partial charge in [0.1, 0.15) is 5.60 Å². The van der Waals surface area contributed by atoms with Crippen molar-refractivity contribution in [1.82, 2.24) is 19.7 Å².